The zero-order valence-electron chi connectivity index (χ0n) is 5.67. The van der Waals surface area contributed by atoms with Crippen LogP contribution in [-0.4, -0.2) is 23.1 Å². The second-order valence-electron chi connectivity index (χ2n) is 1.87. The number of halogens is 1. The Labute approximate surface area is 72.7 Å². The molecule has 3 nitrogen and oxygen atoms in total. The van der Waals surface area contributed by atoms with Crippen LogP contribution < -0.4 is 0 Å². The van der Waals surface area contributed by atoms with Gasteiger partial charge >= 0.3 is 5.97 Å². The second-order valence-corrected chi connectivity index (χ2v) is 3.78. The number of carbonyl (C=O) groups is 2. The topological polar surface area (TPSA) is 43.4 Å². The van der Waals surface area contributed by atoms with Gasteiger partial charge in [-0.2, -0.15) is 0 Å². The van der Waals surface area contributed by atoms with E-state index < -0.39 is 16.0 Å². The third-order valence-electron chi connectivity index (χ3n) is 1.21. The summed E-state index contributed by atoms with van der Waals surface area (Å²) >= 11 is 6.59. The number of hydrogen-bond donors (Lipinski definition) is 0. The minimum atomic E-state index is -1.56. The van der Waals surface area contributed by atoms with Gasteiger partial charge in [0.15, 0.2) is 5.78 Å². The zero-order valence-corrected chi connectivity index (χ0v) is 7.24. The predicted molar refractivity (Wildman–Crippen MR) is 42.3 cm³/mol. The number of ketones is 1. The average molecular weight is 193 g/mol. The molecule has 0 aromatic carbocycles. The molecular weight excluding hydrogens is 188 g/mol. The minimum Gasteiger partial charge on any atom is -0.467 e. The Bertz CT molecular complexity index is 238. The molecule has 0 unspecified atom stereocenters. The van der Waals surface area contributed by atoms with E-state index in [1.807, 2.05) is 0 Å². The van der Waals surface area contributed by atoms with Crippen molar-refractivity contribution in [3.63, 3.8) is 0 Å². The molecule has 0 aliphatic carbocycles. The summed E-state index contributed by atoms with van der Waals surface area (Å²) < 4.78 is 2.79. The summed E-state index contributed by atoms with van der Waals surface area (Å²) in [6.45, 7) is 0. The van der Waals surface area contributed by atoms with Gasteiger partial charge in [0.05, 0.1) is 7.11 Å². The van der Waals surface area contributed by atoms with Crippen LogP contribution in [0.5, 0.6) is 0 Å². The van der Waals surface area contributed by atoms with Crippen LogP contribution in [-0.2, 0) is 14.3 Å². The van der Waals surface area contributed by atoms with Gasteiger partial charge in [-0.1, -0.05) is 23.4 Å². The van der Waals surface area contributed by atoms with Crippen molar-refractivity contribution in [3.05, 3.63) is 11.5 Å². The van der Waals surface area contributed by atoms with Crippen LogP contribution in [0.15, 0.2) is 11.5 Å². The maximum Gasteiger partial charge on any atom is 0.345 e. The number of esters is 1. The Morgan fingerprint density at radius 2 is 2.45 bits per heavy atom. The molecular formula is C6H5ClO3S. The summed E-state index contributed by atoms with van der Waals surface area (Å²) in [7, 11) is 1.19. The highest BCUT2D eigenvalue weighted by atomic mass is 35.5. The number of carbonyl (C=O) groups excluding carboxylic acids is 2. The van der Waals surface area contributed by atoms with Crippen molar-refractivity contribution in [2.75, 3.05) is 7.11 Å². The summed E-state index contributed by atoms with van der Waals surface area (Å²) in [5.41, 5.74) is 0. The highest BCUT2D eigenvalue weighted by Gasteiger charge is 2.46. The fraction of sp³-hybridized carbons (Fsp3) is 0.333. The third-order valence-corrected chi connectivity index (χ3v) is 2.79. The van der Waals surface area contributed by atoms with E-state index >= 15 is 0 Å². The molecule has 0 radical (unpaired) electrons. The van der Waals surface area contributed by atoms with E-state index in [0.29, 0.717) is 0 Å². The molecule has 1 rings (SSSR count). The Kier molecular flexibility index (Phi) is 2.25. The Morgan fingerprint density at radius 1 is 1.82 bits per heavy atom. The van der Waals surface area contributed by atoms with Gasteiger partial charge in [0.1, 0.15) is 0 Å². The van der Waals surface area contributed by atoms with Gasteiger partial charge in [-0.15, -0.1) is 0 Å². The third kappa shape index (κ3) is 1.28. The first-order valence-corrected chi connectivity index (χ1v) is 4.03. The van der Waals surface area contributed by atoms with E-state index in [4.69, 9.17) is 11.6 Å². The molecule has 60 valence electrons. The molecule has 0 saturated carbocycles. The first kappa shape index (κ1) is 8.62. The Hall–Kier alpha value is -0.480. The molecule has 1 aliphatic rings. The fourth-order valence-corrected chi connectivity index (χ4v) is 1.67. The lowest BCUT2D eigenvalue weighted by Gasteiger charge is -2.13. The molecule has 0 N–H and O–H groups in total. The van der Waals surface area contributed by atoms with E-state index in [-0.39, 0.29) is 0 Å². The van der Waals surface area contributed by atoms with Crippen LogP contribution in [0.2, 0.25) is 0 Å². The molecule has 0 bridgehead atoms. The number of methoxy groups -OCH3 is 1. The monoisotopic (exact) mass is 192 g/mol. The van der Waals surface area contributed by atoms with Crippen molar-refractivity contribution in [2.24, 2.45) is 0 Å². The van der Waals surface area contributed by atoms with Crippen molar-refractivity contribution < 1.29 is 14.3 Å². The SMILES string of the molecule is COC(=O)[C@]1(Cl)SC=CC1=O. The average Bonchev–Trinajstić information content (AvgIpc) is 2.32. The predicted octanol–water partition coefficient (Wildman–Crippen LogP) is 0.924. The van der Waals surface area contributed by atoms with Gasteiger partial charge in [-0.3, -0.25) is 4.79 Å². The van der Waals surface area contributed by atoms with Crippen molar-refractivity contribution in [1.82, 2.24) is 0 Å². The summed E-state index contributed by atoms with van der Waals surface area (Å²) in [4.78, 5) is 21.9. The lowest BCUT2D eigenvalue weighted by Crippen LogP contribution is -2.35. The van der Waals surface area contributed by atoms with E-state index in [9.17, 15) is 9.59 Å². The largest absolute Gasteiger partial charge is 0.467 e. The van der Waals surface area contributed by atoms with E-state index in [2.05, 4.69) is 4.74 Å². The van der Waals surface area contributed by atoms with Crippen molar-refractivity contribution in [2.45, 2.75) is 4.21 Å². The zero-order chi connectivity index (χ0) is 8.48. The van der Waals surface area contributed by atoms with Crippen LogP contribution in [0.4, 0.5) is 0 Å². The lowest BCUT2D eigenvalue weighted by atomic mass is 10.3. The van der Waals surface area contributed by atoms with E-state index in [1.54, 1.807) is 0 Å². The van der Waals surface area contributed by atoms with Gasteiger partial charge in [-0.25, -0.2) is 4.79 Å². The van der Waals surface area contributed by atoms with Gasteiger partial charge in [0.2, 0.25) is 0 Å². The van der Waals surface area contributed by atoms with Gasteiger partial charge in [0.25, 0.3) is 4.21 Å². The highest BCUT2D eigenvalue weighted by Crippen LogP contribution is 2.38. The summed E-state index contributed by atoms with van der Waals surface area (Å²) in [6.07, 6.45) is 1.26. The maximum absolute atomic E-state index is 11.0. The molecule has 5 heteroatoms. The number of allylic oxidation sites excluding steroid dienone is 1. The van der Waals surface area contributed by atoms with Gasteiger partial charge < -0.3 is 4.74 Å². The number of hydrogen-bond acceptors (Lipinski definition) is 4. The Balaban J connectivity index is 2.84. The molecule has 0 saturated heterocycles. The van der Waals surface area contributed by atoms with Crippen LogP contribution in [0, 0.1) is 0 Å². The molecule has 1 aliphatic heterocycles. The molecule has 1 atom stereocenters. The molecule has 0 fully saturated rings. The van der Waals surface area contributed by atoms with Gasteiger partial charge in [0, 0.05) is 0 Å². The first-order valence-electron chi connectivity index (χ1n) is 2.77. The van der Waals surface area contributed by atoms with Crippen LogP contribution in [0.3, 0.4) is 0 Å². The Morgan fingerprint density at radius 3 is 2.82 bits per heavy atom. The van der Waals surface area contributed by atoms with Crippen molar-refractivity contribution in [3.8, 4) is 0 Å². The standard InChI is InChI=1S/C6H5ClO3S/c1-10-5(9)6(7)4(8)2-3-11-6/h2-3H,1H3/t6-/m1/s1. The number of thioether (sulfide) groups is 1. The van der Waals surface area contributed by atoms with Crippen molar-refractivity contribution in [1.29, 1.82) is 0 Å². The number of ether oxygens (including phenoxy) is 1. The molecule has 11 heavy (non-hydrogen) atoms. The summed E-state index contributed by atoms with van der Waals surface area (Å²) in [6, 6.07) is 0. The first-order chi connectivity index (χ1) is 5.11. The smallest absolute Gasteiger partial charge is 0.345 e. The fourth-order valence-electron chi connectivity index (χ4n) is 0.635. The number of rotatable bonds is 1. The second kappa shape index (κ2) is 2.87. The normalized spacial score (nSPS) is 29.1. The highest BCUT2D eigenvalue weighted by molar-refractivity contribution is 8.06. The number of alkyl halides is 1. The van der Waals surface area contributed by atoms with Crippen LogP contribution >= 0.6 is 23.4 Å². The quantitative estimate of drug-likeness (QED) is 0.352. The van der Waals surface area contributed by atoms with E-state index in [1.165, 1.54) is 18.6 Å². The molecule has 0 amide bonds. The van der Waals surface area contributed by atoms with Gasteiger partial charge in [-0.05, 0) is 11.5 Å². The minimum absolute atomic E-state index is 0.434. The van der Waals surface area contributed by atoms with E-state index in [0.717, 1.165) is 11.8 Å². The maximum atomic E-state index is 11.0. The lowest BCUT2D eigenvalue weighted by molar-refractivity contribution is -0.143. The summed E-state index contributed by atoms with van der Waals surface area (Å²) in [5.74, 6) is -1.16. The molecule has 0 aromatic heterocycles. The van der Waals surface area contributed by atoms with Crippen LogP contribution in [0.1, 0.15) is 0 Å². The summed E-state index contributed by atoms with van der Waals surface area (Å²) in [5, 5.41) is 1.48. The van der Waals surface area contributed by atoms with Crippen molar-refractivity contribution >= 4 is 35.1 Å². The van der Waals surface area contributed by atoms with Crippen LogP contribution in [0.25, 0.3) is 0 Å². The molecule has 0 aromatic rings. The molecule has 1 heterocycles. The molecule has 0 spiro atoms.